The first-order chi connectivity index (χ1) is 13.6. The highest BCUT2D eigenvalue weighted by molar-refractivity contribution is 14.1. The van der Waals surface area contributed by atoms with Gasteiger partial charge in [0.1, 0.15) is 6.10 Å². The summed E-state index contributed by atoms with van der Waals surface area (Å²) in [5, 5.41) is 11.8. The molecule has 30 heavy (non-hydrogen) atoms. The molecule has 0 radical (unpaired) electrons. The van der Waals surface area contributed by atoms with Gasteiger partial charge in [-0.3, -0.25) is 14.9 Å². The Morgan fingerprint density at radius 3 is 2.30 bits per heavy atom. The van der Waals surface area contributed by atoms with Crippen LogP contribution in [0.4, 0.5) is 5.69 Å². The Kier molecular flexibility index (Phi) is 5.28. The number of nitro benzene ring substituents is 1. The molecule has 1 aliphatic carbocycles. The van der Waals surface area contributed by atoms with Gasteiger partial charge >= 0.3 is 11.9 Å². The molecule has 164 valence electrons. The Morgan fingerprint density at radius 2 is 1.87 bits per heavy atom. The molecule has 1 aliphatic heterocycles. The lowest BCUT2D eigenvalue weighted by Gasteiger charge is -2.38. The van der Waals surface area contributed by atoms with E-state index in [0.717, 1.165) is 9.13 Å². The summed E-state index contributed by atoms with van der Waals surface area (Å²) in [6, 6.07) is 3.22. The van der Waals surface area contributed by atoms with E-state index in [1.165, 1.54) is 6.07 Å². The van der Waals surface area contributed by atoms with Gasteiger partial charge in [0.15, 0.2) is 0 Å². The predicted octanol–water partition coefficient (Wildman–Crippen LogP) is 5.26. The zero-order chi connectivity index (χ0) is 22.9. The van der Waals surface area contributed by atoms with Gasteiger partial charge < -0.3 is 9.47 Å². The summed E-state index contributed by atoms with van der Waals surface area (Å²) in [4.78, 5) is 37.4. The van der Waals surface area contributed by atoms with Crippen molar-refractivity contribution in [3.05, 3.63) is 36.9 Å². The summed E-state index contributed by atoms with van der Waals surface area (Å²) >= 11 is 2.05. The summed E-state index contributed by atoms with van der Waals surface area (Å²) < 4.78 is 12.4. The van der Waals surface area contributed by atoms with Crippen molar-refractivity contribution in [3.8, 4) is 0 Å². The first-order valence-electron chi connectivity index (χ1n) is 9.97. The summed E-state index contributed by atoms with van der Waals surface area (Å²) in [5.41, 5.74) is -2.38. The van der Waals surface area contributed by atoms with Crippen LogP contribution in [0.15, 0.2) is 12.1 Å². The molecular weight excluding hydrogens is 501 g/mol. The van der Waals surface area contributed by atoms with Crippen LogP contribution in [0.5, 0.6) is 0 Å². The third-order valence-electron chi connectivity index (χ3n) is 7.21. The third-order valence-corrected chi connectivity index (χ3v) is 8.37. The van der Waals surface area contributed by atoms with Crippen LogP contribution in [0, 0.1) is 36.9 Å². The van der Waals surface area contributed by atoms with E-state index in [1.807, 2.05) is 48.5 Å². The van der Waals surface area contributed by atoms with Crippen molar-refractivity contribution in [1.29, 1.82) is 0 Å². The van der Waals surface area contributed by atoms with Gasteiger partial charge in [0.2, 0.25) is 5.60 Å². The van der Waals surface area contributed by atoms with E-state index < -0.39 is 38.8 Å². The number of esters is 2. The maximum absolute atomic E-state index is 13.5. The molecule has 1 heterocycles. The minimum atomic E-state index is -1.38. The number of aryl methyl sites for hydroxylation is 1. The second-order valence-electron chi connectivity index (χ2n) is 10.2. The molecule has 0 spiro atoms. The van der Waals surface area contributed by atoms with Crippen LogP contribution in [0.25, 0.3) is 0 Å². The lowest BCUT2D eigenvalue weighted by atomic mass is 9.66. The van der Waals surface area contributed by atoms with Gasteiger partial charge in [0.25, 0.3) is 5.69 Å². The largest absolute Gasteiger partial charge is 0.454 e. The standard InChI is InChI=1S/C22H28INO6/c1-12-10-13(15(24(27)28)11-14(12)23)16(19(2,3)4)29-18(26)22-9-8-21(7,17(25)30-22)20(22,5)6/h10-11,16H,8-9H2,1-7H3/t16?,21-,22+/m0/s1. The molecule has 1 aromatic rings. The summed E-state index contributed by atoms with van der Waals surface area (Å²) in [7, 11) is 0. The molecule has 1 unspecified atom stereocenters. The van der Waals surface area contributed by atoms with Crippen LogP contribution < -0.4 is 0 Å². The molecule has 1 aromatic carbocycles. The quantitative estimate of drug-likeness (QED) is 0.229. The van der Waals surface area contributed by atoms with Crippen LogP contribution in [0.3, 0.4) is 0 Å². The van der Waals surface area contributed by atoms with Crippen molar-refractivity contribution in [3.63, 3.8) is 0 Å². The predicted molar refractivity (Wildman–Crippen MR) is 119 cm³/mol. The fourth-order valence-corrected chi connectivity index (χ4v) is 5.12. The molecule has 3 atom stereocenters. The van der Waals surface area contributed by atoms with Gasteiger partial charge in [-0.1, -0.05) is 34.6 Å². The fraction of sp³-hybridized carbons (Fsp3) is 0.636. The zero-order valence-corrected chi connectivity index (χ0v) is 20.6. The molecule has 0 aromatic heterocycles. The van der Waals surface area contributed by atoms with E-state index >= 15 is 0 Å². The second-order valence-corrected chi connectivity index (χ2v) is 11.4. The molecule has 7 nitrogen and oxygen atoms in total. The van der Waals surface area contributed by atoms with E-state index in [0.29, 0.717) is 18.4 Å². The topological polar surface area (TPSA) is 95.7 Å². The number of nitrogens with zero attached hydrogens (tertiary/aromatic N) is 1. The third kappa shape index (κ3) is 3.05. The van der Waals surface area contributed by atoms with Gasteiger partial charge in [0.05, 0.1) is 15.9 Å². The number of hydrogen-bond acceptors (Lipinski definition) is 6. The second kappa shape index (κ2) is 6.90. The molecule has 3 rings (SSSR count). The number of nitro groups is 1. The number of fused-ring (bicyclic) bond motifs is 2. The van der Waals surface area contributed by atoms with E-state index in [2.05, 4.69) is 22.6 Å². The first kappa shape index (κ1) is 23.0. The van der Waals surface area contributed by atoms with Crippen LogP contribution in [-0.2, 0) is 19.1 Å². The van der Waals surface area contributed by atoms with Gasteiger partial charge in [-0.25, -0.2) is 4.79 Å². The maximum atomic E-state index is 13.5. The SMILES string of the molecule is Cc1cc(C(OC(=O)[C@@]23CC[C@@](C)(C(=O)O2)C3(C)C)C(C)(C)C)c([N+](=O)[O-])cc1I. The first-order valence-corrected chi connectivity index (χ1v) is 11.1. The summed E-state index contributed by atoms with van der Waals surface area (Å²) in [6.45, 7) is 13.0. The number of carbonyl (C=O) groups excluding carboxylic acids is 2. The molecule has 8 heteroatoms. The molecule has 1 saturated carbocycles. The average molecular weight is 529 g/mol. The summed E-state index contributed by atoms with van der Waals surface area (Å²) in [5.74, 6) is -1.02. The van der Waals surface area contributed by atoms with Crippen LogP contribution >= 0.6 is 22.6 Å². The highest BCUT2D eigenvalue weighted by Gasteiger charge is 2.76. The average Bonchev–Trinajstić information content (AvgIpc) is 2.90. The Balaban J connectivity index is 2.07. The van der Waals surface area contributed by atoms with Gasteiger partial charge in [0, 0.05) is 20.5 Å². The van der Waals surface area contributed by atoms with Crippen LogP contribution in [0.1, 0.15) is 71.6 Å². The zero-order valence-electron chi connectivity index (χ0n) is 18.4. The molecule has 2 aliphatic rings. The lowest BCUT2D eigenvalue weighted by Crippen LogP contribution is -2.49. The molecular formula is C22H28INO6. The molecule has 1 saturated heterocycles. The molecule has 2 fully saturated rings. The van der Waals surface area contributed by atoms with Crippen LogP contribution in [0.2, 0.25) is 0 Å². The lowest BCUT2D eigenvalue weighted by molar-refractivity contribution is -0.386. The monoisotopic (exact) mass is 529 g/mol. The number of ether oxygens (including phenoxy) is 2. The van der Waals surface area contributed by atoms with Gasteiger partial charge in [-0.15, -0.1) is 0 Å². The smallest absolute Gasteiger partial charge is 0.351 e. The Morgan fingerprint density at radius 1 is 1.27 bits per heavy atom. The van der Waals surface area contributed by atoms with E-state index in [4.69, 9.17) is 9.47 Å². The maximum Gasteiger partial charge on any atom is 0.351 e. The van der Waals surface area contributed by atoms with Crippen molar-refractivity contribution in [2.45, 2.75) is 73.0 Å². The van der Waals surface area contributed by atoms with Crippen molar-refractivity contribution >= 4 is 40.2 Å². The molecule has 2 bridgehead atoms. The van der Waals surface area contributed by atoms with Crippen molar-refractivity contribution in [2.24, 2.45) is 16.2 Å². The Labute approximate surface area is 190 Å². The Hall–Kier alpha value is -1.71. The highest BCUT2D eigenvalue weighted by atomic mass is 127. The molecule has 0 N–H and O–H groups in total. The number of rotatable bonds is 4. The number of carbonyl (C=O) groups is 2. The molecule has 0 amide bonds. The minimum Gasteiger partial charge on any atom is -0.454 e. The number of halogens is 1. The fourth-order valence-electron chi connectivity index (χ4n) is 4.67. The van der Waals surface area contributed by atoms with Gasteiger partial charge in [-0.2, -0.15) is 0 Å². The number of benzene rings is 1. The van der Waals surface area contributed by atoms with Crippen molar-refractivity contribution in [2.75, 3.05) is 0 Å². The van der Waals surface area contributed by atoms with E-state index in [1.54, 1.807) is 6.07 Å². The highest BCUT2D eigenvalue weighted by Crippen LogP contribution is 2.66. The van der Waals surface area contributed by atoms with E-state index in [9.17, 15) is 19.7 Å². The number of hydrogen-bond donors (Lipinski definition) is 0. The van der Waals surface area contributed by atoms with E-state index in [-0.39, 0.29) is 11.7 Å². The van der Waals surface area contributed by atoms with Crippen molar-refractivity contribution in [1.82, 2.24) is 0 Å². The minimum absolute atomic E-state index is 0.0887. The van der Waals surface area contributed by atoms with Crippen LogP contribution in [-0.4, -0.2) is 22.5 Å². The van der Waals surface area contributed by atoms with Crippen molar-refractivity contribution < 1.29 is 24.0 Å². The van der Waals surface area contributed by atoms with Gasteiger partial charge in [-0.05, 0) is 60.9 Å². The summed E-state index contributed by atoms with van der Waals surface area (Å²) in [6.07, 6.45) is 0.0419. The Bertz CT molecular complexity index is 950. The normalized spacial score (nSPS) is 28.2.